The summed E-state index contributed by atoms with van der Waals surface area (Å²) < 4.78 is 11.1. The predicted molar refractivity (Wildman–Crippen MR) is 167 cm³/mol. The topological polar surface area (TPSA) is 114 Å². The fraction of sp³-hybridized carbons (Fsp3) is 0.529. The van der Waals surface area contributed by atoms with E-state index < -0.39 is 53.2 Å². The molecule has 2 N–H and O–H groups in total. The SMILES string of the molecule is Cc1ccccc1C(C(=O)NC(Cc1ccccc1)C(=O)OC(C)(C)C)N(C)C(=O)C(CC(C)C)NC(=O)OC(C)(C)C. The van der Waals surface area contributed by atoms with Gasteiger partial charge in [-0.25, -0.2) is 9.59 Å². The molecule has 2 aromatic carbocycles. The smallest absolute Gasteiger partial charge is 0.408 e. The molecule has 2 rings (SSSR count). The van der Waals surface area contributed by atoms with Crippen LogP contribution in [0.1, 0.15) is 84.5 Å². The van der Waals surface area contributed by atoms with E-state index in [4.69, 9.17) is 9.47 Å². The number of nitrogens with zero attached hydrogens (tertiary/aromatic N) is 1. The fourth-order valence-electron chi connectivity index (χ4n) is 4.60. The van der Waals surface area contributed by atoms with E-state index in [1.165, 1.54) is 11.9 Å². The quantitative estimate of drug-likeness (QED) is 0.332. The van der Waals surface area contributed by atoms with Crippen molar-refractivity contribution in [2.45, 2.75) is 104 Å². The zero-order valence-electron chi connectivity index (χ0n) is 27.3. The van der Waals surface area contributed by atoms with Gasteiger partial charge >= 0.3 is 12.1 Å². The highest BCUT2D eigenvalue weighted by Crippen LogP contribution is 2.26. The number of likely N-dealkylation sites (N-methyl/N-ethyl adjacent to an activating group) is 1. The van der Waals surface area contributed by atoms with Crippen molar-refractivity contribution < 1.29 is 28.7 Å². The first-order valence-corrected chi connectivity index (χ1v) is 14.8. The van der Waals surface area contributed by atoms with Crippen molar-refractivity contribution in [2.24, 2.45) is 5.92 Å². The highest BCUT2D eigenvalue weighted by Gasteiger charge is 2.37. The summed E-state index contributed by atoms with van der Waals surface area (Å²) in [6.07, 6.45) is -0.181. The largest absolute Gasteiger partial charge is 0.458 e. The number of hydrogen-bond donors (Lipinski definition) is 2. The molecule has 0 saturated carbocycles. The zero-order valence-corrected chi connectivity index (χ0v) is 27.3. The molecule has 0 heterocycles. The third-order valence-corrected chi connectivity index (χ3v) is 6.45. The van der Waals surface area contributed by atoms with E-state index in [2.05, 4.69) is 10.6 Å². The van der Waals surface area contributed by atoms with Crippen LogP contribution in [0.5, 0.6) is 0 Å². The number of amides is 3. The summed E-state index contributed by atoms with van der Waals surface area (Å²) >= 11 is 0. The normalized spacial score (nSPS) is 13.8. The number of alkyl carbamates (subject to hydrolysis) is 1. The van der Waals surface area contributed by atoms with Gasteiger partial charge in [0.25, 0.3) is 0 Å². The molecule has 3 unspecified atom stereocenters. The Kier molecular flexibility index (Phi) is 12.3. The number of carbonyl (C=O) groups excluding carboxylic acids is 4. The number of esters is 1. The van der Waals surface area contributed by atoms with Crippen LogP contribution >= 0.6 is 0 Å². The van der Waals surface area contributed by atoms with Crippen LogP contribution in [0.2, 0.25) is 0 Å². The third kappa shape index (κ3) is 11.7. The van der Waals surface area contributed by atoms with Gasteiger partial charge in [-0.05, 0) is 77.5 Å². The van der Waals surface area contributed by atoms with Crippen LogP contribution in [0.25, 0.3) is 0 Å². The van der Waals surface area contributed by atoms with Crippen molar-refractivity contribution in [1.82, 2.24) is 15.5 Å². The molecule has 9 nitrogen and oxygen atoms in total. The minimum Gasteiger partial charge on any atom is -0.458 e. The van der Waals surface area contributed by atoms with Crippen molar-refractivity contribution in [3.8, 4) is 0 Å². The van der Waals surface area contributed by atoms with Crippen molar-refractivity contribution in [2.75, 3.05) is 7.05 Å². The van der Waals surface area contributed by atoms with Gasteiger partial charge in [0.15, 0.2) is 0 Å². The summed E-state index contributed by atoms with van der Waals surface area (Å²) in [6.45, 7) is 16.3. The van der Waals surface area contributed by atoms with Gasteiger partial charge in [0.2, 0.25) is 11.8 Å². The highest BCUT2D eigenvalue weighted by molar-refractivity contribution is 5.94. The molecule has 0 aliphatic rings. The lowest BCUT2D eigenvalue weighted by atomic mass is 9.96. The second kappa shape index (κ2) is 15.0. The number of benzene rings is 2. The first-order valence-electron chi connectivity index (χ1n) is 14.8. The maximum absolute atomic E-state index is 14.1. The summed E-state index contributed by atoms with van der Waals surface area (Å²) in [4.78, 5) is 55.5. The molecule has 3 atom stereocenters. The molecule has 2 aromatic rings. The number of carbonyl (C=O) groups is 4. The highest BCUT2D eigenvalue weighted by atomic mass is 16.6. The molecule has 0 spiro atoms. The molecule has 0 bridgehead atoms. The van der Waals surface area contributed by atoms with E-state index >= 15 is 0 Å². The van der Waals surface area contributed by atoms with Crippen LogP contribution in [-0.4, -0.2) is 59.1 Å². The van der Waals surface area contributed by atoms with Gasteiger partial charge in [-0.3, -0.25) is 9.59 Å². The summed E-state index contributed by atoms with van der Waals surface area (Å²) in [5.74, 6) is -1.52. The minimum absolute atomic E-state index is 0.0606. The first kappa shape index (κ1) is 35.3. The molecule has 3 amide bonds. The van der Waals surface area contributed by atoms with Crippen LogP contribution in [0.3, 0.4) is 0 Å². The van der Waals surface area contributed by atoms with Crippen LogP contribution < -0.4 is 10.6 Å². The molecule has 0 radical (unpaired) electrons. The van der Waals surface area contributed by atoms with Crippen molar-refractivity contribution in [3.05, 3.63) is 71.3 Å². The summed E-state index contributed by atoms with van der Waals surface area (Å²) in [5.41, 5.74) is 0.712. The number of nitrogens with one attached hydrogen (secondary N) is 2. The predicted octanol–water partition coefficient (Wildman–Crippen LogP) is 5.50. The monoisotopic (exact) mass is 595 g/mol. The fourth-order valence-corrected chi connectivity index (χ4v) is 4.60. The van der Waals surface area contributed by atoms with E-state index in [1.807, 2.05) is 63.2 Å². The van der Waals surface area contributed by atoms with Crippen molar-refractivity contribution in [3.63, 3.8) is 0 Å². The summed E-state index contributed by atoms with van der Waals surface area (Å²) in [7, 11) is 1.53. The second-order valence-electron chi connectivity index (χ2n) is 13.3. The van der Waals surface area contributed by atoms with Gasteiger partial charge in [-0.2, -0.15) is 0 Å². The molecule has 0 fully saturated rings. The molecule has 0 aliphatic carbocycles. The van der Waals surface area contributed by atoms with Crippen LogP contribution in [0, 0.1) is 12.8 Å². The van der Waals surface area contributed by atoms with Crippen LogP contribution in [0.15, 0.2) is 54.6 Å². The standard InChI is InChI=1S/C34H49N3O6/c1-22(2)20-26(36-32(41)43-34(7,8)9)30(39)37(10)28(25-19-15-14-16-23(25)3)29(38)35-27(31(40)42-33(4,5)6)21-24-17-12-11-13-18-24/h11-19,22,26-28H,20-21H2,1-10H3,(H,35,38)(H,36,41). The Morgan fingerprint density at radius 2 is 1.35 bits per heavy atom. The molecule has 0 aliphatic heterocycles. The van der Waals surface area contributed by atoms with E-state index in [1.54, 1.807) is 53.7 Å². The molecular formula is C34H49N3O6. The molecule has 43 heavy (non-hydrogen) atoms. The van der Waals surface area contributed by atoms with Crippen molar-refractivity contribution >= 4 is 23.9 Å². The molecule has 0 aromatic heterocycles. The van der Waals surface area contributed by atoms with Gasteiger partial charge in [0, 0.05) is 13.5 Å². The maximum atomic E-state index is 14.1. The maximum Gasteiger partial charge on any atom is 0.408 e. The number of aryl methyl sites for hydroxylation is 1. The number of hydrogen-bond acceptors (Lipinski definition) is 6. The van der Waals surface area contributed by atoms with Gasteiger partial charge in [0.1, 0.15) is 29.3 Å². The Balaban J connectivity index is 2.48. The Hall–Kier alpha value is -3.88. The van der Waals surface area contributed by atoms with Crippen LogP contribution in [0.4, 0.5) is 4.79 Å². The Bertz CT molecular complexity index is 1250. The first-order chi connectivity index (χ1) is 19.9. The van der Waals surface area contributed by atoms with Gasteiger partial charge in [0.05, 0.1) is 0 Å². The second-order valence-corrected chi connectivity index (χ2v) is 13.3. The lowest BCUT2D eigenvalue weighted by molar-refractivity contribution is -0.159. The number of rotatable bonds is 11. The third-order valence-electron chi connectivity index (χ3n) is 6.45. The van der Waals surface area contributed by atoms with Crippen molar-refractivity contribution in [1.29, 1.82) is 0 Å². The van der Waals surface area contributed by atoms with E-state index in [9.17, 15) is 19.2 Å². The zero-order chi connectivity index (χ0) is 32.5. The Morgan fingerprint density at radius 1 is 0.791 bits per heavy atom. The molecule has 236 valence electrons. The van der Waals surface area contributed by atoms with Gasteiger partial charge < -0.3 is 25.0 Å². The molecule has 0 saturated heterocycles. The Morgan fingerprint density at radius 3 is 1.88 bits per heavy atom. The average molecular weight is 596 g/mol. The molecule has 9 heteroatoms. The molecular weight excluding hydrogens is 546 g/mol. The lowest BCUT2D eigenvalue weighted by Crippen LogP contribution is -2.54. The van der Waals surface area contributed by atoms with Crippen LogP contribution in [-0.2, 0) is 30.3 Å². The number of ether oxygens (including phenoxy) is 2. The van der Waals surface area contributed by atoms with Gasteiger partial charge in [-0.1, -0.05) is 68.4 Å². The minimum atomic E-state index is -1.09. The average Bonchev–Trinajstić information content (AvgIpc) is 2.87. The Labute approximate surface area is 256 Å². The van der Waals surface area contributed by atoms with E-state index in [0.717, 1.165) is 11.1 Å². The lowest BCUT2D eigenvalue weighted by Gasteiger charge is -2.34. The van der Waals surface area contributed by atoms with E-state index in [-0.39, 0.29) is 12.3 Å². The summed E-state index contributed by atoms with van der Waals surface area (Å²) in [6, 6.07) is 13.6. The van der Waals surface area contributed by atoms with E-state index in [0.29, 0.717) is 12.0 Å². The van der Waals surface area contributed by atoms with Gasteiger partial charge in [-0.15, -0.1) is 0 Å². The summed E-state index contributed by atoms with van der Waals surface area (Å²) in [5, 5.41) is 5.59.